The lowest BCUT2D eigenvalue weighted by atomic mass is 10.2. The molecule has 108 valence electrons. The largest absolute Gasteiger partial charge is 0.479 e. The van der Waals surface area contributed by atoms with Crippen LogP contribution in [0.25, 0.3) is 0 Å². The van der Waals surface area contributed by atoms with Crippen molar-refractivity contribution in [3.8, 4) is 0 Å². The number of nitrogens with zero attached hydrogens (tertiary/aromatic N) is 1. The first kappa shape index (κ1) is 15.2. The molecule has 8 nitrogen and oxygen atoms in total. The number of carbonyl (C=O) groups is 3. The minimum atomic E-state index is -1.49. The van der Waals surface area contributed by atoms with Crippen LogP contribution in [0.3, 0.4) is 0 Å². The summed E-state index contributed by atoms with van der Waals surface area (Å²) in [6, 6.07) is -0.891. The van der Waals surface area contributed by atoms with E-state index in [2.05, 4.69) is 10.6 Å². The van der Waals surface area contributed by atoms with Gasteiger partial charge in [0.15, 0.2) is 6.10 Å². The van der Waals surface area contributed by atoms with Crippen LogP contribution in [0.4, 0.5) is 4.79 Å². The van der Waals surface area contributed by atoms with Crippen LogP contribution >= 0.6 is 0 Å². The van der Waals surface area contributed by atoms with Crippen molar-refractivity contribution < 1.29 is 24.6 Å². The van der Waals surface area contributed by atoms with Gasteiger partial charge < -0.3 is 25.7 Å². The molecule has 3 amide bonds. The van der Waals surface area contributed by atoms with Gasteiger partial charge in [-0.05, 0) is 12.8 Å². The standard InChI is InChI=1S/C11H19N3O5/c1-12-9(16)7-3-2-6-14(7)11(19)13-5-4-8(15)10(17)18/h7-8,15H,2-6H2,1H3,(H,12,16)(H,13,19)(H,17,18). The van der Waals surface area contributed by atoms with Gasteiger partial charge in [0, 0.05) is 26.6 Å². The molecule has 4 N–H and O–H groups in total. The number of hydrogen-bond acceptors (Lipinski definition) is 4. The molecule has 19 heavy (non-hydrogen) atoms. The molecule has 1 rings (SSSR count). The van der Waals surface area contributed by atoms with Gasteiger partial charge in [-0.15, -0.1) is 0 Å². The fourth-order valence-corrected chi connectivity index (χ4v) is 1.99. The minimum Gasteiger partial charge on any atom is -0.479 e. The van der Waals surface area contributed by atoms with Crippen molar-refractivity contribution in [2.24, 2.45) is 0 Å². The maximum absolute atomic E-state index is 11.8. The number of rotatable bonds is 5. The number of nitrogens with one attached hydrogen (secondary N) is 2. The zero-order chi connectivity index (χ0) is 14.4. The van der Waals surface area contributed by atoms with Crippen LogP contribution in [-0.4, -0.2) is 65.3 Å². The van der Waals surface area contributed by atoms with Gasteiger partial charge in [0.1, 0.15) is 6.04 Å². The van der Waals surface area contributed by atoms with E-state index in [0.717, 1.165) is 6.42 Å². The second kappa shape index (κ2) is 6.93. The van der Waals surface area contributed by atoms with E-state index in [1.165, 1.54) is 11.9 Å². The third-order valence-electron chi connectivity index (χ3n) is 3.04. The third kappa shape index (κ3) is 4.09. The van der Waals surface area contributed by atoms with Gasteiger partial charge in [-0.25, -0.2) is 9.59 Å². The molecule has 1 fully saturated rings. The summed E-state index contributed by atoms with van der Waals surface area (Å²) in [6.07, 6.45) is -0.193. The average Bonchev–Trinajstić information content (AvgIpc) is 2.86. The smallest absolute Gasteiger partial charge is 0.332 e. The van der Waals surface area contributed by atoms with Gasteiger partial charge in [-0.1, -0.05) is 0 Å². The Bertz CT molecular complexity index is 360. The molecule has 1 heterocycles. The zero-order valence-electron chi connectivity index (χ0n) is 10.8. The molecule has 1 aliphatic rings. The van der Waals surface area contributed by atoms with E-state index in [0.29, 0.717) is 13.0 Å². The molecule has 2 atom stereocenters. The van der Waals surface area contributed by atoms with Crippen LogP contribution in [0, 0.1) is 0 Å². The van der Waals surface area contributed by atoms with Crippen molar-refractivity contribution in [2.45, 2.75) is 31.4 Å². The molecule has 0 bridgehead atoms. The maximum Gasteiger partial charge on any atom is 0.332 e. The number of urea groups is 1. The predicted molar refractivity (Wildman–Crippen MR) is 65.5 cm³/mol. The monoisotopic (exact) mass is 273 g/mol. The van der Waals surface area contributed by atoms with Gasteiger partial charge in [0.05, 0.1) is 0 Å². The molecule has 2 unspecified atom stereocenters. The van der Waals surface area contributed by atoms with E-state index in [1.54, 1.807) is 0 Å². The molecular formula is C11H19N3O5. The Balaban J connectivity index is 2.40. The highest BCUT2D eigenvalue weighted by molar-refractivity contribution is 5.87. The number of carboxylic acid groups (broad SMARTS) is 1. The molecule has 0 aromatic heterocycles. The lowest BCUT2D eigenvalue weighted by molar-refractivity contribution is -0.146. The van der Waals surface area contributed by atoms with Gasteiger partial charge in [0.2, 0.25) is 5.91 Å². The van der Waals surface area contributed by atoms with Crippen molar-refractivity contribution in [1.29, 1.82) is 0 Å². The third-order valence-corrected chi connectivity index (χ3v) is 3.04. The number of aliphatic carboxylic acids is 1. The van der Waals surface area contributed by atoms with E-state index in [-0.39, 0.29) is 18.9 Å². The van der Waals surface area contributed by atoms with Crippen LogP contribution in [0.1, 0.15) is 19.3 Å². The van der Waals surface area contributed by atoms with E-state index >= 15 is 0 Å². The highest BCUT2D eigenvalue weighted by Crippen LogP contribution is 2.17. The summed E-state index contributed by atoms with van der Waals surface area (Å²) >= 11 is 0. The van der Waals surface area contributed by atoms with Crippen molar-refractivity contribution in [2.75, 3.05) is 20.1 Å². The summed E-state index contributed by atoms with van der Waals surface area (Å²) in [5.74, 6) is -1.53. The van der Waals surface area contributed by atoms with Crippen LogP contribution in [0.15, 0.2) is 0 Å². The molecule has 0 aromatic carbocycles. The number of likely N-dealkylation sites (tertiary alicyclic amines) is 1. The molecule has 0 spiro atoms. The molecule has 0 aliphatic carbocycles. The fraction of sp³-hybridized carbons (Fsp3) is 0.727. The summed E-state index contributed by atoms with van der Waals surface area (Å²) in [7, 11) is 1.51. The Hall–Kier alpha value is -1.83. The van der Waals surface area contributed by atoms with Gasteiger partial charge in [-0.3, -0.25) is 4.79 Å². The van der Waals surface area contributed by atoms with Crippen molar-refractivity contribution in [3.05, 3.63) is 0 Å². The van der Waals surface area contributed by atoms with E-state index < -0.39 is 24.1 Å². The highest BCUT2D eigenvalue weighted by atomic mass is 16.4. The Morgan fingerprint density at radius 3 is 2.68 bits per heavy atom. The van der Waals surface area contributed by atoms with Gasteiger partial charge in [-0.2, -0.15) is 0 Å². The molecule has 1 aliphatic heterocycles. The summed E-state index contributed by atoms with van der Waals surface area (Å²) in [5, 5.41) is 22.5. The normalized spacial score (nSPS) is 19.9. The second-order valence-electron chi connectivity index (χ2n) is 4.34. The number of carboxylic acids is 1. The van der Waals surface area contributed by atoms with Crippen molar-refractivity contribution in [3.63, 3.8) is 0 Å². The Morgan fingerprint density at radius 2 is 2.11 bits per heavy atom. The minimum absolute atomic E-state index is 0.0449. The first-order valence-electron chi connectivity index (χ1n) is 6.14. The highest BCUT2D eigenvalue weighted by Gasteiger charge is 2.33. The Labute approximate surface area is 110 Å². The number of amides is 3. The quantitative estimate of drug-likeness (QED) is 0.498. The second-order valence-corrected chi connectivity index (χ2v) is 4.34. The summed E-state index contributed by atoms with van der Waals surface area (Å²) in [4.78, 5) is 35.2. The molecule has 8 heteroatoms. The van der Waals surface area contributed by atoms with E-state index in [9.17, 15) is 14.4 Å². The lowest BCUT2D eigenvalue weighted by Gasteiger charge is -2.23. The summed E-state index contributed by atoms with van der Waals surface area (Å²) < 4.78 is 0. The zero-order valence-corrected chi connectivity index (χ0v) is 10.8. The molecular weight excluding hydrogens is 254 g/mol. The summed E-state index contributed by atoms with van der Waals surface area (Å²) in [6.45, 7) is 0.536. The topological polar surface area (TPSA) is 119 Å². The number of aliphatic hydroxyl groups is 1. The van der Waals surface area contributed by atoms with E-state index in [1.807, 2.05) is 0 Å². The first-order chi connectivity index (χ1) is 8.97. The van der Waals surface area contributed by atoms with Crippen LogP contribution in [0.2, 0.25) is 0 Å². The Kier molecular flexibility index (Phi) is 5.56. The lowest BCUT2D eigenvalue weighted by Crippen LogP contribution is -2.49. The molecule has 1 saturated heterocycles. The Morgan fingerprint density at radius 1 is 1.42 bits per heavy atom. The number of hydrogen-bond donors (Lipinski definition) is 4. The first-order valence-corrected chi connectivity index (χ1v) is 6.14. The number of likely N-dealkylation sites (N-methyl/N-ethyl adjacent to an activating group) is 1. The van der Waals surface area contributed by atoms with Crippen molar-refractivity contribution in [1.82, 2.24) is 15.5 Å². The molecule has 0 aromatic rings. The SMILES string of the molecule is CNC(=O)C1CCCN1C(=O)NCCC(O)C(=O)O. The van der Waals surface area contributed by atoms with Crippen LogP contribution in [-0.2, 0) is 9.59 Å². The molecule has 0 radical (unpaired) electrons. The maximum atomic E-state index is 11.8. The van der Waals surface area contributed by atoms with Crippen LogP contribution in [0.5, 0.6) is 0 Å². The number of carbonyl (C=O) groups excluding carboxylic acids is 2. The van der Waals surface area contributed by atoms with Gasteiger partial charge >= 0.3 is 12.0 Å². The predicted octanol–water partition coefficient (Wildman–Crippen LogP) is -1.26. The fourth-order valence-electron chi connectivity index (χ4n) is 1.99. The summed E-state index contributed by atoms with van der Waals surface area (Å²) in [5.41, 5.74) is 0. The average molecular weight is 273 g/mol. The van der Waals surface area contributed by atoms with Crippen molar-refractivity contribution >= 4 is 17.9 Å². The van der Waals surface area contributed by atoms with Crippen LogP contribution < -0.4 is 10.6 Å². The van der Waals surface area contributed by atoms with E-state index in [4.69, 9.17) is 10.2 Å². The van der Waals surface area contributed by atoms with Gasteiger partial charge in [0.25, 0.3) is 0 Å². The molecule has 0 saturated carbocycles. The number of aliphatic hydroxyl groups excluding tert-OH is 1.